The number of nitriles is 1. The predicted molar refractivity (Wildman–Crippen MR) is 77.7 cm³/mol. The average molecular weight is 274 g/mol. The molecule has 20 heavy (non-hydrogen) atoms. The zero-order valence-electron chi connectivity index (χ0n) is 12.7. The largest absolute Gasteiger partial charge is 0.352 e. The average Bonchev–Trinajstić information content (AvgIpc) is 2.35. The molecule has 0 radical (unpaired) electrons. The highest BCUT2D eigenvalue weighted by atomic mass is 16.2. The molecule has 1 N–H and O–H groups in total. The lowest BCUT2D eigenvalue weighted by Crippen LogP contribution is -2.57. The van der Waals surface area contributed by atoms with E-state index in [-0.39, 0.29) is 17.4 Å². The molecule has 0 aromatic heterocycles. The number of nitrogens with one attached hydrogen (secondary N) is 1. The van der Waals surface area contributed by atoms with Crippen LogP contribution in [0.15, 0.2) is 0 Å². The zero-order chi connectivity index (χ0) is 14.4. The summed E-state index contributed by atoms with van der Waals surface area (Å²) in [4.78, 5) is 12.9. The third-order valence-electron chi connectivity index (χ3n) is 6.00. The molecule has 4 fully saturated rings. The molecule has 3 unspecified atom stereocenters. The third kappa shape index (κ3) is 2.24. The maximum absolute atomic E-state index is 12.9. The first kappa shape index (κ1) is 13.9. The molecule has 0 aromatic rings. The van der Waals surface area contributed by atoms with E-state index in [1.165, 1.54) is 19.3 Å². The van der Waals surface area contributed by atoms with Gasteiger partial charge in [-0.05, 0) is 62.2 Å². The SMILES string of the molecule is CCC(CC#N)NC(=O)C12CC3CC(CC(C)(C3)C1)C2. The molecular formula is C17H26N2O. The van der Waals surface area contributed by atoms with Crippen LogP contribution < -0.4 is 5.32 Å². The fourth-order valence-corrected chi connectivity index (χ4v) is 5.73. The lowest BCUT2D eigenvalue weighted by molar-refractivity contribution is -0.156. The summed E-state index contributed by atoms with van der Waals surface area (Å²) in [6, 6.07) is 2.23. The Morgan fingerprint density at radius 2 is 2.00 bits per heavy atom. The van der Waals surface area contributed by atoms with Crippen molar-refractivity contribution >= 4 is 5.91 Å². The summed E-state index contributed by atoms with van der Waals surface area (Å²) in [5.41, 5.74) is 0.292. The van der Waals surface area contributed by atoms with Crippen molar-refractivity contribution in [2.75, 3.05) is 0 Å². The summed E-state index contributed by atoms with van der Waals surface area (Å²) in [6.45, 7) is 4.43. The minimum Gasteiger partial charge on any atom is -0.352 e. The van der Waals surface area contributed by atoms with Crippen LogP contribution >= 0.6 is 0 Å². The second-order valence-corrected chi connectivity index (χ2v) is 7.99. The molecule has 3 atom stereocenters. The maximum atomic E-state index is 12.9. The maximum Gasteiger partial charge on any atom is 0.226 e. The van der Waals surface area contributed by atoms with Gasteiger partial charge in [-0.1, -0.05) is 13.8 Å². The van der Waals surface area contributed by atoms with Crippen LogP contribution in [0.1, 0.15) is 65.2 Å². The molecule has 4 bridgehead atoms. The van der Waals surface area contributed by atoms with Crippen molar-refractivity contribution in [2.24, 2.45) is 22.7 Å². The van der Waals surface area contributed by atoms with Gasteiger partial charge in [0, 0.05) is 6.04 Å². The summed E-state index contributed by atoms with van der Waals surface area (Å²) >= 11 is 0. The minimum atomic E-state index is -0.109. The molecule has 3 heteroatoms. The number of nitrogens with zero attached hydrogens (tertiary/aromatic N) is 1. The summed E-state index contributed by atoms with van der Waals surface area (Å²) in [5, 5.41) is 12.0. The minimum absolute atomic E-state index is 0.0355. The summed E-state index contributed by atoms with van der Waals surface area (Å²) < 4.78 is 0. The molecule has 0 aromatic carbocycles. The third-order valence-corrected chi connectivity index (χ3v) is 6.00. The molecule has 0 spiro atoms. The van der Waals surface area contributed by atoms with Crippen molar-refractivity contribution in [3.63, 3.8) is 0 Å². The Kier molecular flexibility index (Phi) is 3.31. The molecule has 1 amide bonds. The molecule has 0 heterocycles. The standard InChI is InChI=1S/C17H26N2O/c1-3-14(4-5-18)19-15(20)17-9-12-6-13(10-17)8-16(2,7-12)11-17/h12-14H,3-4,6-11H2,1-2H3,(H,19,20). The van der Waals surface area contributed by atoms with Crippen LogP contribution in [0.25, 0.3) is 0 Å². The molecule has 4 rings (SSSR count). The van der Waals surface area contributed by atoms with Gasteiger partial charge in [-0.15, -0.1) is 0 Å². The molecule has 110 valence electrons. The Hall–Kier alpha value is -1.04. The van der Waals surface area contributed by atoms with E-state index in [0.29, 0.717) is 11.8 Å². The Labute approximate surface area is 122 Å². The van der Waals surface area contributed by atoms with Gasteiger partial charge in [0.2, 0.25) is 5.91 Å². The van der Waals surface area contributed by atoms with Gasteiger partial charge in [0.15, 0.2) is 0 Å². The van der Waals surface area contributed by atoms with Crippen LogP contribution in [-0.2, 0) is 4.79 Å². The first-order valence-electron chi connectivity index (χ1n) is 8.16. The van der Waals surface area contributed by atoms with E-state index in [9.17, 15) is 4.79 Å². The van der Waals surface area contributed by atoms with Gasteiger partial charge >= 0.3 is 0 Å². The predicted octanol–water partition coefficient (Wildman–Crippen LogP) is 3.40. The Balaban J connectivity index is 1.76. The van der Waals surface area contributed by atoms with Gasteiger partial charge in [0.1, 0.15) is 0 Å². The van der Waals surface area contributed by atoms with E-state index < -0.39 is 0 Å². The van der Waals surface area contributed by atoms with E-state index in [2.05, 4.69) is 18.3 Å². The van der Waals surface area contributed by atoms with Gasteiger partial charge in [-0.2, -0.15) is 5.26 Å². The number of hydrogen-bond acceptors (Lipinski definition) is 2. The molecule has 0 aliphatic heterocycles. The van der Waals surface area contributed by atoms with Crippen molar-refractivity contribution < 1.29 is 4.79 Å². The van der Waals surface area contributed by atoms with E-state index in [4.69, 9.17) is 5.26 Å². The fourth-order valence-electron chi connectivity index (χ4n) is 5.73. The van der Waals surface area contributed by atoms with Crippen LogP contribution in [0.3, 0.4) is 0 Å². The lowest BCUT2D eigenvalue weighted by atomic mass is 9.44. The van der Waals surface area contributed by atoms with Gasteiger partial charge in [-0.25, -0.2) is 0 Å². The number of rotatable bonds is 4. The monoisotopic (exact) mass is 274 g/mol. The highest BCUT2D eigenvalue weighted by Crippen LogP contribution is 2.65. The van der Waals surface area contributed by atoms with Crippen LogP contribution in [0.5, 0.6) is 0 Å². The van der Waals surface area contributed by atoms with Crippen LogP contribution in [0.4, 0.5) is 0 Å². The molecule has 0 saturated heterocycles. The van der Waals surface area contributed by atoms with E-state index in [0.717, 1.165) is 37.5 Å². The molecule has 4 aliphatic rings. The van der Waals surface area contributed by atoms with Crippen LogP contribution in [0.2, 0.25) is 0 Å². The number of carbonyl (C=O) groups excluding carboxylic acids is 1. The second kappa shape index (κ2) is 4.76. The van der Waals surface area contributed by atoms with Crippen molar-refractivity contribution in [3.8, 4) is 6.07 Å². The Bertz CT molecular complexity index is 436. The van der Waals surface area contributed by atoms with Crippen molar-refractivity contribution in [3.05, 3.63) is 0 Å². The highest BCUT2D eigenvalue weighted by Gasteiger charge is 2.58. The molecular weight excluding hydrogens is 248 g/mol. The Morgan fingerprint density at radius 3 is 2.50 bits per heavy atom. The van der Waals surface area contributed by atoms with Gasteiger partial charge in [0.05, 0.1) is 17.9 Å². The summed E-state index contributed by atoms with van der Waals surface area (Å²) in [6.07, 6.45) is 8.54. The molecule has 4 saturated carbocycles. The summed E-state index contributed by atoms with van der Waals surface area (Å²) in [7, 11) is 0. The number of hydrogen-bond donors (Lipinski definition) is 1. The second-order valence-electron chi connectivity index (χ2n) is 7.99. The topological polar surface area (TPSA) is 52.9 Å². The van der Waals surface area contributed by atoms with Crippen molar-refractivity contribution in [1.82, 2.24) is 5.32 Å². The molecule has 3 nitrogen and oxygen atoms in total. The fraction of sp³-hybridized carbons (Fsp3) is 0.882. The normalized spacial score (nSPS) is 43.0. The highest BCUT2D eigenvalue weighted by molar-refractivity contribution is 5.83. The summed E-state index contributed by atoms with van der Waals surface area (Å²) in [5.74, 6) is 1.78. The van der Waals surface area contributed by atoms with Crippen molar-refractivity contribution in [1.29, 1.82) is 5.26 Å². The Morgan fingerprint density at radius 1 is 1.35 bits per heavy atom. The van der Waals surface area contributed by atoms with Crippen LogP contribution in [-0.4, -0.2) is 11.9 Å². The smallest absolute Gasteiger partial charge is 0.226 e. The quantitative estimate of drug-likeness (QED) is 0.854. The van der Waals surface area contributed by atoms with Gasteiger partial charge in [0.25, 0.3) is 0 Å². The zero-order valence-corrected chi connectivity index (χ0v) is 12.7. The van der Waals surface area contributed by atoms with E-state index in [1.807, 2.05) is 6.92 Å². The first-order valence-corrected chi connectivity index (χ1v) is 8.16. The van der Waals surface area contributed by atoms with Crippen molar-refractivity contribution in [2.45, 2.75) is 71.3 Å². The number of amides is 1. The van der Waals surface area contributed by atoms with Gasteiger partial charge in [-0.3, -0.25) is 4.79 Å². The van der Waals surface area contributed by atoms with Crippen LogP contribution in [0, 0.1) is 34.0 Å². The van der Waals surface area contributed by atoms with E-state index in [1.54, 1.807) is 0 Å². The lowest BCUT2D eigenvalue weighted by Gasteiger charge is -2.60. The van der Waals surface area contributed by atoms with Gasteiger partial charge < -0.3 is 5.32 Å². The number of carbonyl (C=O) groups is 1. The molecule has 4 aliphatic carbocycles. The first-order chi connectivity index (χ1) is 9.48. The van der Waals surface area contributed by atoms with E-state index >= 15 is 0 Å².